The summed E-state index contributed by atoms with van der Waals surface area (Å²) in [6.45, 7) is 1.56. The van der Waals surface area contributed by atoms with Crippen LogP contribution in [0.5, 0.6) is 0 Å². The van der Waals surface area contributed by atoms with Crippen LogP contribution in [0.15, 0.2) is 42.0 Å². The third kappa shape index (κ3) is 6.17. The zero-order valence-electron chi connectivity index (χ0n) is 16.6. The average Bonchev–Trinajstić information content (AvgIpc) is 2.73. The fourth-order valence-electron chi connectivity index (χ4n) is 4.04. The quantitative estimate of drug-likeness (QED) is 0.676. The Balaban J connectivity index is 1.39. The third-order valence-corrected chi connectivity index (χ3v) is 7.76. The Morgan fingerprint density at radius 1 is 1.11 bits per heavy atom. The van der Waals surface area contributed by atoms with Crippen molar-refractivity contribution in [1.82, 2.24) is 9.62 Å². The molecule has 6 heteroatoms. The first-order valence-corrected chi connectivity index (χ1v) is 12.1. The van der Waals surface area contributed by atoms with Crippen molar-refractivity contribution in [1.29, 1.82) is 0 Å². The molecule has 0 spiro atoms. The van der Waals surface area contributed by atoms with Gasteiger partial charge in [-0.25, -0.2) is 12.7 Å². The predicted molar refractivity (Wildman–Crippen MR) is 112 cm³/mol. The molecule has 0 radical (unpaired) electrons. The maximum atomic E-state index is 12.6. The van der Waals surface area contributed by atoms with Gasteiger partial charge in [-0.05, 0) is 56.9 Å². The van der Waals surface area contributed by atoms with E-state index in [1.165, 1.54) is 24.0 Å². The minimum Gasteiger partial charge on any atom is -0.352 e. The van der Waals surface area contributed by atoms with E-state index in [-0.39, 0.29) is 17.6 Å². The van der Waals surface area contributed by atoms with Crippen LogP contribution in [0.3, 0.4) is 0 Å². The number of hydrogen-bond donors (Lipinski definition) is 1. The summed E-state index contributed by atoms with van der Waals surface area (Å²) in [4.78, 5) is 12.4. The number of hydrogen-bond acceptors (Lipinski definition) is 3. The number of aryl methyl sites for hydroxylation is 1. The summed E-state index contributed by atoms with van der Waals surface area (Å²) in [6, 6.07) is 9.97. The van der Waals surface area contributed by atoms with Gasteiger partial charge in [-0.3, -0.25) is 4.79 Å². The first-order chi connectivity index (χ1) is 13.5. The lowest BCUT2D eigenvalue weighted by Crippen LogP contribution is -2.44. The number of carbonyl (C=O) groups is 1. The SMILES string of the molecule is O=C(NCC1=CCCCC1)C1CCN(S(=O)(=O)CCCc2ccccc2)CC1. The molecule has 0 bridgehead atoms. The fraction of sp³-hybridized carbons (Fsp3) is 0.591. The lowest BCUT2D eigenvalue weighted by molar-refractivity contribution is -0.125. The number of nitrogens with one attached hydrogen (secondary N) is 1. The van der Waals surface area contributed by atoms with Gasteiger partial charge in [-0.15, -0.1) is 0 Å². The van der Waals surface area contributed by atoms with Crippen LogP contribution in [-0.2, 0) is 21.2 Å². The van der Waals surface area contributed by atoms with Gasteiger partial charge < -0.3 is 5.32 Å². The second kappa shape index (κ2) is 10.2. The van der Waals surface area contributed by atoms with Crippen LogP contribution in [0, 0.1) is 5.92 Å². The highest BCUT2D eigenvalue weighted by molar-refractivity contribution is 7.89. The van der Waals surface area contributed by atoms with E-state index in [0.29, 0.717) is 38.9 Å². The summed E-state index contributed by atoms with van der Waals surface area (Å²) < 4.78 is 26.8. The molecule has 1 heterocycles. The molecule has 0 saturated carbocycles. The van der Waals surface area contributed by atoms with E-state index in [9.17, 15) is 13.2 Å². The molecular weight excluding hydrogens is 372 g/mol. The van der Waals surface area contributed by atoms with E-state index in [2.05, 4.69) is 11.4 Å². The third-order valence-electron chi connectivity index (χ3n) is 5.80. The van der Waals surface area contributed by atoms with Crippen LogP contribution >= 0.6 is 0 Å². The monoisotopic (exact) mass is 404 g/mol. The Labute approximate surface area is 169 Å². The van der Waals surface area contributed by atoms with E-state index in [1.54, 1.807) is 4.31 Å². The smallest absolute Gasteiger partial charge is 0.223 e. The van der Waals surface area contributed by atoms with Gasteiger partial charge in [-0.1, -0.05) is 42.0 Å². The van der Waals surface area contributed by atoms with E-state index < -0.39 is 10.0 Å². The Morgan fingerprint density at radius 2 is 1.86 bits per heavy atom. The first-order valence-electron chi connectivity index (χ1n) is 10.5. The Hall–Kier alpha value is -1.66. The van der Waals surface area contributed by atoms with Crippen LogP contribution in [0.4, 0.5) is 0 Å². The summed E-state index contributed by atoms with van der Waals surface area (Å²) in [5.74, 6) is 0.181. The molecule has 0 unspecified atom stereocenters. The molecule has 1 aromatic carbocycles. The molecule has 1 fully saturated rings. The van der Waals surface area contributed by atoms with Crippen molar-refractivity contribution in [3.8, 4) is 0 Å². The number of sulfonamides is 1. The molecule has 2 aliphatic rings. The lowest BCUT2D eigenvalue weighted by Gasteiger charge is -2.30. The van der Waals surface area contributed by atoms with Crippen molar-refractivity contribution in [3.05, 3.63) is 47.5 Å². The van der Waals surface area contributed by atoms with Crippen molar-refractivity contribution >= 4 is 15.9 Å². The fourth-order valence-corrected chi connectivity index (χ4v) is 5.57. The van der Waals surface area contributed by atoms with Gasteiger partial charge in [-0.2, -0.15) is 0 Å². The topological polar surface area (TPSA) is 66.5 Å². The summed E-state index contributed by atoms with van der Waals surface area (Å²) in [5, 5.41) is 3.05. The first kappa shape index (κ1) is 21.1. The second-order valence-electron chi connectivity index (χ2n) is 7.90. The summed E-state index contributed by atoms with van der Waals surface area (Å²) in [7, 11) is -3.24. The molecule has 1 aliphatic carbocycles. The maximum Gasteiger partial charge on any atom is 0.223 e. The number of benzene rings is 1. The van der Waals surface area contributed by atoms with Gasteiger partial charge in [0.1, 0.15) is 0 Å². The minimum atomic E-state index is -3.24. The predicted octanol–water partition coefficient (Wildman–Crippen LogP) is 3.28. The number of nitrogens with zero attached hydrogens (tertiary/aromatic N) is 1. The van der Waals surface area contributed by atoms with Gasteiger partial charge in [0, 0.05) is 25.6 Å². The van der Waals surface area contributed by atoms with Crippen LogP contribution in [0.1, 0.15) is 50.5 Å². The molecule has 1 saturated heterocycles. The minimum absolute atomic E-state index is 0.0695. The molecule has 0 aromatic heterocycles. The van der Waals surface area contributed by atoms with E-state index >= 15 is 0 Å². The highest BCUT2D eigenvalue weighted by Crippen LogP contribution is 2.21. The number of amides is 1. The standard InChI is InChI=1S/C22H32N2O3S/c25-22(23-18-20-10-5-2-6-11-20)21-13-15-24(16-14-21)28(26,27)17-7-12-19-8-3-1-4-9-19/h1,3-4,8-10,21H,2,5-7,11-18H2,(H,23,25). The number of allylic oxidation sites excluding steroid dienone is 1. The van der Waals surface area contributed by atoms with Crippen molar-refractivity contribution in [3.63, 3.8) is 0 Å². The summed E-state index contributed by atoms with van der Waals surface area (Å²) >= 11 is 0. The molecule has 1 aromatic rings. The average molecular weight is 405 g/mol. The van der Waals surface area contributed by atoms with Crippen LogP contribution in [-0.4, -0.2) is 44.0 Å². The van der Waals surface area contributed by atoms with E-state index in [4.69, 9.17) is 0 Å². The largest absolute Gasteiger partial charge is 0.352 e. The van der Waals surface area contributed by atoms with Crippen molar-refractivity contribution in [2.45, 2.75) is 51.4 Å². The highest BCUT2D eigenvalue weighted by Gasteiger charge is 2.30. The molecule has 28 heavy (non-hydrogen) atoms. The molecular formula is C22H32N2O3S. The molecule has 1 aliphatic heterocycles. The summed E-state index contributed by atoms with van der Waals surface area (Å²) in [5.41, 5.74) is 2.50. The van der Waals surface area contributed by atoms with Gasteiger partial charge in [0.25, 0.3) is 0 Å². The van der Waals surface area contributed by atoms with Gasteiger partial charge in [0.15, 0.2) is 0 Å². The lowest BCUT2D eigenvalue weighted by atomic mass is 9.96. The second-order valence-corrected chi connectivity index (χ2v) is 9.99. The number of carbonyl (C=O) groups excluding carboxylic acids is 1. The molecule has 5 nitrogen and oxygen atoms in total. The van der Waals surface area contributed by atoms with Crippen LogP contribution in [0.2, 0.25) is 0 Å². The molecule has 154 valence electrons. The molecule has 1 amide bonds. The molecule has 3 rings (SSSR count). The van der Waals surface area contributed by atoms with Gasteiger partial charge in [0.2, 0.25) is 15.9 Å². The van der Waals surface area contributed by atoms with E-state index in [0.717, 1.165) is 19.3 Å². The van der Waals surface area contributed by atoms with Crippen molar-refractivity contribution in [2.75, 3.05) is 25.4 Å². The van der Waals surface area contributed by atoms with Crippen molar-refractivity contribution < 1.29 is 13.2 Å². The number of piperidine rings is 1. The van der Waals surface area contributed by atoms with E-state index in [1.807, 2.05) is 30.3 Å². The summed E-state index contributed by atoms with van der Waals surface area (Å²) in [6.07, 6.45) is 9.53. The maximum absolute atomic E-state index is 12.6. The normalized spacial score (nSPS) is 19.2. The van der Waals surface area contributed by atoms with Gasteiger partial charge in [0.05, 0.1) is 5.75 Å². The number of rotatable bonds is 8. The Bertz CT molecular complexity index is 766. The highest BCUT2D eigenvalue weighted by atomic mass is 32.2. The molecule has 1 N–H and O–H groups in total. The Kier molecular flexibility index (Phi) is 7.68. The van der Waals surface area contributed by atoms with Gasteiger partial charge >= 0.3 is 0 Å². The Morgan fingerprint density at radius 3 is 2.54 bits per heavy atom. The zero-order valence-corrected chi connectivity index (χ0v) is 17.4. The van der Waals surface area contributed by atoms with Crippen LogP contribution < -0.4 is 5.32 Å². The van der Waals surface area contributed by atoms with Crippen LogP contribution in [0.25, 0.3) is 0 Å². The molecule has 0 atom stereocenters. The van der Waals surface area contributed by atoms with Crippen molar-refractivity contribution in [2.24, 2.45) is 5.92 Å². The zero-order chi connectivity index (χ0) is 19.8.